The first-order valence-electron chi connectivity index (χ1n) is 3.09. The van der Waals surface area contributed by atoms with Crippen LogP contribution in [-0.2, 0) is 6.42 Å². The lowest BCUT2D eigenvalue weighted by Gasteiger charge is -2.16. The molecule has 0 heterocycles. The van der Waals surface area contributed by atoms with Crippen LogP contribution in [0.1, 0.15) is 15.9 Å². The van der Waals surface area contributed by atoms with E-state index in [4.69, 9.17) is 0 Å². The standard InChI is InChI=1S/C8H5IO/c9-6-2-1-5-3-8(10)7(5)4-6/h1-2,4H,3H2. The summed E-state index contributed by atoms with van der Waals surface area (Å²) in [6.45, 7) is 0. The van der Waals surface area contributed by atoms with Gasteiger partial charge in [0.25, 0.3) is 0 Å². The van der Waals surface area contributed by atoms with Gasteiger partial charge in [-0.15, -0.1) is 0 Å². The minimum atomic E-state index is 0.286. The van der Waals surface area contributed by atoms with Crippen LogP contribution in [0.15, 0.2) is 18.2 Å². The van der Waals surface area contributed by atoms with E-state index in [0.29, 0.717) is 6.42 Å². The minimum Gasteiger partial charge on any atom is -0.294 e. The maximum absolute atomic E-state index is 10.9. The molecule has 0 unspecified atom stereocenters. The van der Waals surface area contributed by atoms with Crippen LogP contribution in [0.3, 0.4) is 0 Å². The lowest BCUT2D eigenvalue weighted by molar-refractivity contribution is 0.0968. The highest BCUT2D eigenvalue weighted by molar-refractivity contribution is 14.1. The lowest BCUT2D eigenvalue weighted by Crippen LogP contribution is -2.18. The van der Waals surface area contributed by atoms with Crippen molar-refractivity contribution in [3.8, 4) is 0 Å². The monoisotopic (exact) mass is 244 g/mol. The second-order valence-corrected chi connectivity index (χ2v) is 3.65. The van der Waals surface area contributed by atoms with Gasteiger partial charge < -0.3 is 0 Å². The highest BCUT2D eigenvalue weighted by atomic mass is 127. The zero-order valence-corrected chi connectivity index (χ0v) is 7.38. The van der Waals surface area contributed by atoms with E-state index in [9.17, 15) is 4.79 Å². The summed E-state index contributed by atoms with van der Waals surface area (Å²) < 4.78 is 1.14. The van der Waals surface area contributed by atoms with Gasteiger partial charge in [0.1, 0.15) is 0 Å². The number of hydrogen-bond donors (Lipinski definition) is 0. The zero-order valence-electron chi connectivity index (χ0n) is 5.23. The summed E-state index contributed by atoms with van der Waals surface area (Å²) in [6.07, 6.45) is 0.645. The number of carbonyl (C=O) groups is 1. The van der Waals surface area contributed by atoms with Crippen molar-refractivity contribution in [2.45, 2.75) is 6.42 Å². The van der Waals surface area contributed by atoms with Gasteiger partial charge in [-0.25, -0.2) is 0 Å². The van der Waals surface area contributed by atoms with Gasteiger partial charge in [0, 0.05) is 15.6 Å². The first-order valence-corrected chi connectivity index (χ1v) is 4.17. The molecule has 0 spiro atoms. The number of ketones is 1. The maximum Gasteiger partial charge on any atom is 0.167 e. The summed E-state index contributed by atoms with van der Waals surface area (Å²) in [5.41, 5.74) is 2.12. The summed E-state index contributed by atoms with van der Waals surface area (Å²) in [5, 5.41) is 0. The van der Waals surface area contributed by atoms with Crippen molar-refractivity contribution in [2.75, 3.05) is 0 Å². The molecule has 0 atom stereocenters. The second kappa shape index (κ2) is 2.05. The first-order chi connectivity index (χ1) is 4.77. The molecular formula is C8H5IO. The Hall–Kier alpha value is -0.380. The molecule has 0 saturated heterocycles. The molecule has 0 saturated carbocycles. The van der Waals surface area contributed by atoms with Crippen molar-refractivity contribution < 1.29 is 4.79 Å². The van der Waals surface area contributed by atoms with Crippen LogP contribution in [0.5, 0.6) is 0 Å². The molecule has 2 heteroatoms. The quantitative estimate of drug-likeness (QED) is 0.638. The largest absolute Gasteiger partial charge is 0.294 e. The Labute approximate surface area is 72.6 Å². The van der Waals surface area contributed by atoms with E-state index in [-0.39, 0.29) is 5.78 Å². The van der Waals surface area contributed by atoms with Crippen LogP contribution in [0.2, 0.25) is 0 Å². The van der Waals surface area contributed by atoms with Gasteiger partial charge in [-0.1, -0.05) is 6.07 Å². The van der Waals surface area contributed by atoms with E-state index in [1.807, 2.05) is 18.2 Å². The van der Waals surface area contributed by atoms with Crippen molar-refractivity contribution in [2.24, 2.45) is 0 Å². The topological polar surface area (TPSA) is 17.1 Å². The fourth-order valence-electron chi connectivity index (χ4n) is 1.12. The van der Waals surface area contributed by atoms with Gasteiger partial charge in [-0.05, 0) is 40.3 Å². The van der Waals surface area contributed by atoms with Crippen LogP contribution in [0.4, 0.5) is 0 Å². The van der Waals surface area contributed by atoms with Crippen LogP contribution in [-0.4, -0.2) is 5.78 Å². The Morgan fingerprint density at radius 2 is 2.20 bits per heavy atom. The summed E-state index contributed by atoms with van der Waals surface area (Å²) in [6, 6.07) is 6.01. The summed E-state index contributed by atoms with van der Waals surface area (Å²) >= 11 is 2.21. The molecular weight excluding hydrogens is 239 g/mol. The van der Waals surface area contributed by atoms with Crippen LogP contribution < -0.4 is 0 Å². The zero-order chi connectivity index (χ0) is 7.14. The smallest absolute Gasteiger partial charge is 0.167 e. The normalized spacial score (nSPS) is 14.3. The van der Waals surface area contributed by atoms with E-state index in [0.717, 1.165) is 9.13 Å². The number of fused-ring (bicyclic) bond motifs is 1. The number of benzene rings is 1. The third kappa shape index (κ3) is 0.785. The summed E-state index contributed by atoms with van der Waals surface area (Å²) in [5.74, 6) is 0.286. The van der Waals surface area contributed by atoms with Gasteiger partial charge in [0.15, 0.2) is 5.78 Å². The number of rotatable bonds is 0. The predicted octanol–water partition coefficient (Wildman–Crippen LogP) is 2.03. The van der Waals surface area contributed by atoms with Crippen molar-refractivity contribution >= 4 is 28.4 Å². The van der Waals surface area contributed by atoms with E-state index in [1.54, 1.807) is 0 Å². The molecule has 0 amide bonds. The van der Waals surface area contributed by atoms with Gasteiger partial charge in [0.05, 0.1) is 0 Å². The molecule has 0 aliphatic heterocycles. The average Bonchev–Trinajstić information content (AvgIpc) is 1.92. The Bertz CT molecular complexity index is 304. The number of Topliss-reactive ketones (excluding diaryl/α,β-unsaturated/α-hetero) is 1. The highest BCUT2D eigenvalue weighted by Gasteiger charge is 2.22. The Morgan fingerprint density at radius 1 is 1.40 bits per heavy atom. The van der Waals surface area contributed by atoms with Gasteiger partial charge in [0.2, 0.25) is 0 Å². The third-order valence-electron chi connectivity index (χ3n) is 1.72. The molecule has 1 aromatic rings. The van der Waals surface area contributed by atoms with Crippen molar-refractivity contribution in [3.05, 3.63) is 32.9 Å². The second-order valence-electron chi connectivity index (χ2n) is 2.40. The van der Waals surface area contributed by atoms with Crippen molar-refractivity contribution in [1.29, 1.82) is 0 Å². The molecule has 2 rings (SSSR count). The van der Waals surface area contributed by atoms with Crippen LogP contribution in [0.25, 0.3) is 0 Å². The van der Waals surface area contributed by atoms with Crippen LogP contribution >= 0.6 is 22.6 Å². The lowest BCUT2D eigenvalue weighted by atomic mass is 9.87. The van der Waals surface area contributed by atoms with Crippen LogP contribution in [0, 0.1) is 3.57 Å². The van der Waals surface area contributed by atoms with Gasteiger partial charge >= 0.3 is 0 Å². The average molecular weight is 244 g/mol. The molecule has 1 nitrogen and oxygen atoms in total. The minimum absolute atomic E-state index is 0.286. The summed E-state index contributed by atoms with van der Waals surface area (Å²) in [7, 11) is 0. The molecule has 0 radical (unpaired) electrons. The van der Waals surface area contributed by atoms with Gasteiger partial charge in [-0.3, -0.25) is 4.79 Å². The molecule has 1 aromatic carbocycles. The molecule has 0 fully saturated rings. The maximum atomic E-state index is 10.9. The van der Waals surface area contributed by atoms with E-state index in [1.165, 1.54) is 5.56 Å². The van der Waals surface area contributed by atoms with E-state index < -0.39 is 0 Å². The molecule has 0 bridgehead atoms. The van der Waals surface area contributed by atoms with Crippen molar-refractivity contribution in [3.63, 3.8) is 0 Å². The summed E-state index contributed by atoms with van der Waals surface area (Å²) in [4.78, 5) is 10.9. The fraction of sp³-hybridized carbons (Fsp3) is 0.125. The molecule has 50 valence electrons. The number of hydrogen-bond acceptors (Lipinski definition) is 1. The Morgan fingerprint density at radius 3 is 2.80 bits per heavy atom. The number of carbonyl (C=O) groups excluding carboxylic acids is 1. The predicted molar refractivity (Wildman–Crippen MR) is 47.2 cm³/mol. The SMILES string of the molecule is O=C1Cc2ccc(I)cc21. The van der Waals surface area contributed by atoms with Crippen molar-refractivity contribution in [1.82, 2.24) is 0 Å². The molecule has 10 heavy (non-hydrogen) atoms. The first kappa shape index (κ1) is 6.34. The Balaban J connectivity index is 2.61. The third-order valence-corrected chi connectivity index (χ3v) is 2.39. The fourth-order valence-corrected chi connectivity index (χ4v) is 1.62. The number of halogens is 1. The molecule has 0 aromatic heterocycles. The molecule has 1 aliphatic carbocycles. The molecule has 1 aliphatic rings. The van der Waals surface area contributed by atoms with Gasteiger partial charge in [-0.2, -0.15) is 0 Å². The Kier molecular flexibility index (Phi) is 1.30. The molecule has 0 N–H and O–H groups in total. The van der Waals surface area contributed by atoms with E-state index >= 15 is 0 Å². The van der Waals surface area contributed by atoms with E-state index in [2.05, 4.69) is 22.6 Å². The highest BCUT2D eigenvalue weighted by Crippen LogP contribution is 2.24.